The molecule has 0 aliphatic carbocycles. The van der Waals surface area contributed by atoms with Gasteiger partial charge in [0.15, 0.2) is 0 Å². The predicted molar refractivity (Wildman–Crippen MR) is 185 cm³/mol. The molecule has 0 spiro atoms. The summed E-state index contributed by atoms with van der Waals surface area (Å²) in [6.07, 6.45) is -0.999. The first-order chi connectivity index (χ1) is 23.9. The standard InChI is InChI=1S/C41H39NO7/c1-46-41(47-2)37(43)28-35(42(41)38(44)27-30-23-25-36(26-24-30)49-39(45)31-15-7-3-8-16-31)29-48-40(32-17-9-4-10-18-32,33-19-11-5-12-20-33)34-21-13-6-14-22-34/h3-26,35,37,43H,27-29H2,1-2H3. The minimum atomic E-state index is -1.72. The molecule has 6 rings (SSSR count). The molecule has 250 valence electrons. The third kappa shape index (κ3) is 6.77. The average Bonchev–Trinajstić information content (AvgIpc) is 3.45. The van der Waals surface area contributed by atoms with E-state index >= 15 is 0 Å². The number of methoxy groups -OCH3 is 2. The zero-order valence-corrected chi connectivity index (χ0v) is 27.5. The number of likely N-dealkylation sites (tertiary alicyclic amines) is 1. The van der Waals surface area contributed by atoms with Crippen molar-refractivity contribution in [1.82, 2.24) is 4.90 Å². The Hall–Kier alpha value is -5.12. The fraction of sp³-hybridized carbons (Fsp3) is 0.220. The number of hydrogen-bond acceptors (Lipinski definition) is 7. The molecule has 1 aliphatic heterocycles. The van der Waals surface area contributed by atoms with Gasteiger partial charge in [0.25, 0.3) is 5.91 Å². The molecule has 5 aromatic carbocycles. The van der Waals surface area contributed by atoms with Gasteiger partial charge in [0.1, 0.15) is 17.5 Å². The molecule has 0 aromatic heterocycles. The molecule has 0 radical (unpaired) electrons. The number of benzene rings is 5. The van der Waals surface area contributed by atoms with Gasteiger partial charge in [0.05, 0.1) is 24.6 Å². The zero-order valence-electron chi connectivity index (χ0n) is 27.5. The molecule has 1 aliphatic rings. The highest BCUT2D eigenvalue weighted by Crippen LogP contribution is 2.43. The minimum absolute atomic E-state index is 0.0220. The van der Waals surface area contributed by atoms with Crippen molar-refractivity contribution in [2.24, 2.45) is 0 Å². The van der Waals surface area contributed by atoms with Gasteiger partial charge in [-0.15, -0.1) is 0 Å². The van der Waals surface area contributed by atoms with E-state index in [4.69, 9.17) is 18.9 Å². The second kappa shape index (κ2) is 15.0. The minimum Gasteiger partial charge on any atom is -0.423 e. The largest absolute Gasteiger partial charge is 0.423 e. The molecule has 49 heavy (non-hydrogen) atoms. The summed E-state index contributed by atoms with van der Waals surface area (Å²) in [5.41, 5.74) is 2.85. The van der Waals surface area contributed by atoms with E-state index in [2.05, 4.69) is 0 Å². The van der Waals surface area contributed by atoms with Crippen LogP contribution in [0.15, 0.2) is 146 Å². The molecular formula is C41H39NO7. The van der Waals surface area contributed by atoms with Crippen LogP contribution in [0.3, 0.4) is 0 Å². The molecule has 1 saturated heterocycles. The fourth-order valence-corrected chi connectivity index (χ4v) is 6.66. The van der Waals surface area contributed by atoms with E-state index in [0.29, 0.717) is 16.9 Å². The molecule has 5 aromatic rings. The fourth-order valence-electron chi connectivity index (χ4n) is 6.66. The van der Waals surface area contributed by atoms with Crippen molar-refractivity contribution >= 4 is 11.9 Å². The van der Waals surface area contributed by atoms with Crippen LogP contribution in [-0.2, 0) is 31.0 Å². The van der Waals surface area contributed by atoms with E-state index in [9.17, 15) is 14.7 Å². The normalized spacial score (nSPS) is 17.1. The van der Waals surface area contributed by atoms with E-state index in [1.54, 1.807) is 48.5 Å². The lowest BCUT2D eigenvalue weighted by molar-refractivity contribution is -0.309. The highest BCUT2D eigenvalue weighted by Gasteiger charge is 2.57. The lowest BCUT2D eigenvalue weighted by Gasteiger charge is -2.41. The number of esters is 1. The van der Waals surface area contributed by atoms with Crippen molar-refractivity contribution in [1.29, 1.82) is 0 Å². The van der Waals surface area contributed by atoms with Crippen molar-refractivity contribution < 1.29 is 33.6 Å². The molecule has 1 N–H and O–H groups in total. The average molecular weight is 658 g/mol. The molecule has 0 saturated carbocycles. The Bertz CT molecular complexity index is 1720. The molecule has 1 amide bonds. The number of ether oxygens (including phenoxy) is 4. The van der Waals surface area contributed by atoms with E-state index in [0.717, 1.165) is 16.7 Å². The summed E-state index contributed by atoms with van der Waals surface area (Å²) in [4.78, 5) is 28.2. The Morgan fingerprint density at radius 1 is 0.714 bits per heavy atom. The Morgan fingerprint density at radius 3 is 1.65 bits per heavy atom. The van der Waals surface area contributed by atoms with Crippen LogP contribution in [0.1, 0.15) is 39.0 Å². The van der Waals surface area contributed by atoms with Gasteiger partial charge in [-0.25, -0.2) is 4.79 Å². The van der Waals surface area contributed by atoms with Crippen LogP contribution in [0.25, 0.3) is 0 Å². The van der Waals surface area contributed by atoms with Crippen molar-refractivity contribution in [3.63, 3.8) is 0 Å². The number of carbonyl (C=O) groups excluding carboxylic acids is 2. The van der Waals surface area contributed by atoms with Crippen molar-refractivity contribution in [3.05, 3.63) is 173 Å². The number of nitrogens with zero attached hydrogens (tertiary/aromatic N) is 1. The number of aliphatic hydroxyl groups is 1. The van der Waals surface area contributed by atoms with E-state index in [-0.39, 0.29) is 25.4 Å². The number of carbonyl (C=O) groups is 2. The maximum Gasteiger partial charge on any atom is 0.343 e. The van der Waals surface area contributed by atoms with Crippen molar-refractivity contribution in [2.45, 2.75) is 36.5 Å². The quantitative estimate of drug-likeness (QED) is 0.0722. The summed E-state index contributed by atoms with van der Waals surface area (Å²) in [7, 11) is 2.82. The second-order valence-corrected chi connectivity index (χ2v) is 11.9. The number of aliphatic hydroxyl groups excluding tert-OH is 1. The molecule has 1 fully saturated rings. The number of rotatable bonds is 12. The van der Waals surface area contributed by atoms with E-state index in [1.807, 2.05) is 97.1 Å². The first kappa shape index (κ1) is 33.8. The van der Waals surface area contributed by atoms with Gasteiger partial charge in [-0.3, -0.25) is 9.69 Å². The summed E-state index contributed by atoms with van der Waals surface area (Å²) >= 11 is 0. The molecule has 2 unspecified atom stereocenters. The van der Waals surface area contributed by atoms with E-state index < -0.39 is 29.6 Å². The van der Waals surface area contributed by atoms with Crippen molar-refractivity contribution in [2.75, 3.05) is 20.8 Å². The van der Waals surface area contributed by atoms with Gasteiger partial charge in [0, 0.05) is 20.6 Å². The lowest BCUT2D eigenvalue weighted by Crippen LogP contribution is -2.58. The topological polar surface area (TPSA) is 94.5 Å². The van der Waals surface area contributed by atoms with Crippen LogP contribution in [0.4, 0.5) is 0 Å². The van der Waals surface area contributed by atoms with Crippen LogP contribution in [0.2, 0.25) is 0 Å². The smallest absolute Gasteiger partial charge is 0.343 e. The summed E-state index contributed by atoms with van der Waals surface area (Å²) in [6, 6.07) is 44.8. The Kier molecular flexibility index (Phi) is 10.3. The monoisotopic (exact) mass is 657 g/mol. The Labute approximate surface area is 286 Å². The highest BCUT2D eigenvalue weighted by atomic mass is 16.7. The van der Waals surface area contributed by atoms with Gasteiger partial charge < -0.3 is 24.1 Å². The maximum atomic E-state index is 14.2. The lowest BCUT2D eigenvalue weighted by atomic mass is 9.80. The summed E-state index contributed by atoms with van der Waals surface area (Å²) in [5, 5.41) is 11.3. The molecule has 1 heterocycles. The van der Waals surface area contributed by atoms with Crippen LogP contribution < -0.4 is 4.74 Å². The molecular weight excluding hydrogens is 618 g/mol. The summed E-state index contributed by atoms with van der Waals surface area (Å²) in [6.45, 7) is 0.0598. The SMILES string of the molecule is COC1(OC)C(O)CC(COC(c2ccccc2)(c2ccccc2)c2ccccc2)N1C(=O)Cc1ccc(OC(=O)c2ccccc2)cc1. The first-order valence-corrected chi connectivity index (χ1v) is 16.2. The molecule has 8 heteroatoms. The third-order valence-corrected chi connectivity index (χ3v) is 9.00. The zero-order chi connectivity index (χ0) is 34.3. The molecule has 8 nitrogen and oxygen atoms in total. The maximum absolute atomic E-state index is 14.2. The van der Waals surface area contributed by atoms with Gasteiger partial charge in [0.2, 0.25) is 5.91 Å². The van der Waals surface area contributed by atoms with E-state index in [1.165, 1.54) is 19.1 Å². The number of hydrogen-bond donors (Lipinski definition) is 1. The van der Waals surface area contributed by atoms with Crippen LogP contribution in [0.5, 0.6) is 5.75 Å². The predicted octanol–water partition coefficient (Wildman–Crippen LogP) is 6.37. The van der Waals surface area contributed by atoms with Crippen LogP contribution >= 0.6 is 0 Å². The van der Waals surface area contributed by atoms with Gasteiger partial charge in [-0.1, -0.05) is 121 Å². The second-order valence-electron chi connectivity index (χ2n) is 11.9. The summed E-state index contributed by atoms with van der Waals surface area (Å²) < 4.78 is 24.1. The Balaban J connectivity index is 1.29. The molecule has 2 atom stereocenters. The summed E-state index contributed by atoms with van der Waals surface area (Å²) in [5.74, 6) is -2.16. The number of amides is 1. The van der Waals surface area contributed by atoms with Gasteiger partial charge in [-0.2, -0.15) is 0 Å². The Morgan fingerprint density at radius 2 is 1.18 bits per heavy atom. The van der Waals surface area contributed by atoms with Gasteiger partial charge in [-0.05, 0) is 46.5 Å². The van der Waals surface area contributed by atoms with Crippen LogP contribution in [0, 0.1) is 0 Å². The highest BCUT2D eigenvalue weighted by molar-refractivity contribution is 5.91. The van der Waals surface area contributed by atoms with Crippen molar-refractivity contribution in [3.8, 4) is 5.75 Å². The van der Waals surface area contributed by atoms with Crippen LogP contribution in [-0.4, -0.2) is 60.8 Å². The van der Waals surface area contributed by atoms with Gasteiger partial charge >= 0.3 is 5.97 Å². The first-order valence-electron chi connectivity index (χ1n) is 16.2. The third-order valence-electron chi connectivity index (χ3n) is 9.00. The molecule has 0 bridgehead atoms.